The van der Waals surface area contributed by atoms with Gasteiger partial charge in [-0.05, 0) is 25.5 Å². The number of rotatable bonds is 2. The first kappa shape index (κ1) is 14.4. The van der Waals surface area contributed by atoms with Gasteiger partial charge in [0.05, 0.1) is 27.8 Å². The van der Waals surface area contributed by atoms with Crippen LogP contribution in [0.4, 0.5) is 5.69 Å². The Labute approximate surface area is 122 Å². The van der Waals surface area contributed by atoms with Gasteiger partial charge in [0.25, 0.3) is 5.91 Å². The van der Waals surface area contributed by atoms with Gasteiger partial charge in [-0.1, -0.05) is 23.2 Å². The molecule has 1 aliphatic rings. The quantitative estimate of drug-likeness (QED) is 0.855. The summed E-state index contributed by atoms with van der Waals surface area (Å²) in [7, 11) is 1.74. The van der Waals surface area contributed by atoms with E-state index in [-0.39, 0.29) is 28.1 Å². The van der Waals surface area contributed by atoms with Gasteiger partial charge in [0, 0.05) is 19.3 Å². The van der Waals surface area contributed by atoms with E-state index in [0.717, 1.165) is 6.42 Å². The zero-order chi connectivity index (χ0) is 14.2. The van der Waals surface area contributed by atoms with Gasteiger partial charge in [-0.2, -0.15) is 0 Å². The maximum atomic E-state index is 12.5. The molecule has 4 nitrogen and oxygen atoms in total. The molecule has 1 saturated heterocycles. The topological polar surface area (TPSA) is 55.6 Å². The van der Waals surface area contributed by atoms with Crippen LogP contribution in [0.15, 0.2) is 12.1 Å². The highest BCUT2D eigenvalue weighted by molar-refractivity contribution is 6.44. The van der Waals surface area contributed by atoms with Crippen LogP contribution in [0, 0.1) is 0 Å². The Morgan fingerprint density at radius 2 is 2.16 bits per heavy atom. The predicted molar refractivity (Wildman–Crippen MR) is 76.8 cm³/mol. The molecule has 2 N–H and O–H groups in total. The van der Waals surface area contributed by atoms with Gasteiger partial charge in [-0.3, -0.25) is 4.79 Å². The molecule has 0 bridgehead atoms. The summed E-state index contributed by atoms with van der Waals surface area (Å²) in [4.78, 5) is 14.1. The summed E-state index contributed by atoms with van der Waals surface area (Å²) in [5.41, 5.74) is 6.45. The van der Waals surface area contributed by atoms with Gasteiger partial charge >= 0.3 is 0 Å². The molecule has 0 spiro atoms. The SMILES string of the molecule is CC1OCCC1N(C)C(=O)c1cc(N)cc(Cl)c1Cl. The molecule has 2 rings (SSSR count). The summed E-state index contributed by atoms with van der Waals surface area (Å²) in [6.07, 6.45) is 0.834. The third-order valence-corrected chi connectivity index (χ3v) is 4.24. The molecule has 104 valence electrons. The van der Waals surface area contributed by atoms with E-state index in [1.54, 1.807) is 18.0 Å². The van der Waals surface area contributed by atoms with E-state index < -0.39 is 0 Å². The maximum absolute atomic E-state index is 12.5. The lowest BCUT2D eigenvalue weighted by Crippen LogP contribution is -2.41. The van der Waals surface area contributed by atoms with E-state index in [2.05, 4.69) is 0 Å². The smallest absolute Gasteiger partial charge is 0.255 e. The molecule has 1 aromatic carbocycles. The normalized spacial score (nSPS) is 22.5. The zero-order valence-electron chi connectivity index (χ0n) is 10.8. The van der Waals surface area contributed by atoms with Crippen LogP contribution in [-0.2, 0) is 4.74 Å². The van der Waals surface area contributed by atoms with Crippen LogP contribution in [0.3, 0.4) is 0 Å². The summed E-state index contributed by atoms with van der Waals surface area (Å²) in [6.45, 7) is 2.62. The second-order valence-electron chi connectivity index (χ2n) is 4.71. The molecular formula is C13H16Cl2N2O2. The van der Waals surface area contributed by atoms with E-state index in [4.69, 9.17) is 33.7 Å². The number of benzene rings is 1. The molecule has 1 heterocycles. The van der Waals surface area contributed by atoms with E-state index in [1.807, 2.05) is 6.92 Å². The Morgan fingerprint density at radius 3 is 2.74 bits per heavy atom. The molecule has 1 aromatic rings. The Morgan fingerprint density at radius 1 is 1.47 bits per heavy atom. The summed E-state index contributed by atoms with van der Waals surface area (Å²) in [6, 6.07) is 3.12. The summed E-state index contributed by atoms with van der Waals surface area (Å²) in [5, 5.41) is 0.522. The Kier molecular flexibility index (Phi) is 4.23. The minimum atomic E-state index is -0.193. The fraction of sp³-hybridized carbons (Fsp3) is 0.462. The van der Waals surface area contributed by atoms with Crippen molar-refractivity contribution in [3.05, 3.63) is 27.7 Å². The second kappa shape index (κ2) is 5.57. The number of nitrogen functional groups attached to an aromatic ring is 1. The molecule has 0 aliphatic carbocycles. The van der Waals surface area contributed by atoms with Gasteiger partial charge < -0.3 is 15.4 Å². The molecule has 6 heteroatoms. The Hall–Kier alpha value is -0.970. The van der Waals surface area contributed by atoms with Gasteiger partial charge in [-0.25, -0.2) is 0 Å². The minimum Gasteiger partial charge on any atom is -0.399 e. The molecule has 1 fully saturated rings. The standard InChI is InChI=1S/C13H16Cl2N2O2/c1-7-11(3-4-19-7)17(2)13(18)9-5-8(16)6-10(14)12(9)15/h5-7,11H,3-4,16H2,1-2H3. The van der Waals surface area contributed by atoms with Crippen molar-refractivity contribution in [2.45, 2.75) is 25.5 Å². The van der Waals surface area contributed by atoms with Crippen molar-refractivity contribution in [2.24, 2.45) is 0 Å². The van der Waals surface area contributed by atoms with Crippen LogP contribution in [-0.4, -0.2) is 36.6 Å². The van der Waals surface area contributed by atoms with Crippen molar-refractivity contribution < 1.29 is 9.53 Å². The van der Waals surface area contributed by atoms with Crippen molar-refractivity contribution in [3.8, 4) is 0 Å². The van der Waals surface area contributed by atoms with Gasteiger partial charge in [0.15, 0.2) is 0 Å². The molecule has 1 aliphatic heterocycles. The highest BCUT2D eigenvalue weighted by Crippen LogP contribution is 2.30. The molecule has 0 saturated carbocycles. The molecule has 2 atom stereocenters. The number of hydrogen-bond donors (Lipinski definition) is 1. The Balaban J connectivity index is 2.29. The molecule has 19 heavy (non-hydrogen) atoms. The maximum Gasteiger partial charge on any atom is 0.255 e. The average Bonchev–Trinajstić information content (AvgIpc) is 2.78. The zero-order valence-corrected chi connectivity index (χ0v) is 12.3. The molecule has 2 unspecified atom stereocenters. The van der Waals surface area contributed by atoms with Crippen molar-refractivity contribution >= 4 is 34.8 Å². The molecule has 1 amide bonds. The average molecular weight is 303 g/mol. The van der Waals surface area contributed by atoms with E-state index in [1.165, 1.54) is 6.07 Å². The van der Waals surface area contributed by atoms with Gasteiger partial charge in [0.1, 0.15) is 0 Å². The number of hydrogen-bond acceptors (Lipinski definition) is 3. The fourth-order valence-electron chi connectivity index (χ4n) is 2.34. The van der Waals surface area contributed by atoms with Crippen LogP contribution in [0.2, 0.25) is 10.0 Å². The molecule has 0 aromatic heterocycles. The number of carbonyl (C=O) groups is 1. The first-order valence-corrected chi connectivity index (χ1v) is 6.80. The van der Waals surface area contributed by atoms with E-state index in [9.17, 15) is 4.79 Å². The van der Waals surface area contributed by atoms with E-state index in [0.29, 0.717) is 17.9 Å². The number of nitrogens with zero attached hydrogens (tertiary/aromatic N) is 1. The lowest BCUT2D eigenvalue weighted by molar-refractivity contribution is 0.0575. The van der Waals surface area contributed by atoms with Gasteiger partial charge in [-0.15, -0.1) is 0 Å². The lowest BCUT2D eigenvalue weighted by Gasteiger charge is -2.27. The minimum absolute atomic E-state index is 0.0178. The highest BCUT2D eigenvalue weighted by atomic mass is 35.5. The van der Waals surface area contributed by atoms with Crippen LogP contribution in [0.25, 0.3) is 0 Å². The lowest BCUT2D eigenvalue weighted by atomic mass is 10.1. The van der Waals surface area contributed by atoms with Gasteiger partial charge in [0.2, 0.25) is 0 Å². The predicted octanol–water partition coefficient (Wildman–Crippen LogP) is 2.83. The second-order valence-corrected chi connectivity index (χ2v) is 5.50. The number of amides is 1. The third kappa shape index (κ3) is 2.81. The summed E-state index contributed by atoms with van der Waals surface area (Å²) in [5.74, 6) is -0.193. The van der Waals surface area contributed by atoms with Crippen LogP contribution < -0.4 is 5.73 Å². The largest absolute Gasteiger partial charge is 0.399 e. The molecule has 0 radical (unpaired) electrons. The van der Waals surface area contributed by atoms with Crippen LogP contribution >= 0.6 is 23.2 Å². The van der Waals surface area contributed by atoms with Crippen molar-refractivity contribution in [3.63, 3.8) is 0 Å². The number of likely N-dealkylation sites (N-methyl/N-ethyl adjacent to an activating group) is 1. The van der Waals surface area contributed by atoms with E-state index >= 15 is 0 Å². The number of halogens is 2. The number of ether oxygens (including phenoxy) is 1. The van der Waals surface area contributed by atoms with Crippen molar-refractivity contribution in [2.75, 3.05) is 19.4 Å². The number of nitrogens with two attached hydrogens (primary N) is 1. The third-order valence-electron chi connectivity index (χ3n) is 3.43. The monoisotopic (exact) mass is 302 g/mol. The highest BCUT2D eigenvalue weighted by Gasteiger charge is 2.32. The van der Waals surface area contributed by atoms with Crippen LogP contribution in [0.5, 0.6) is 0 Å². The first-order valence-electron chi connectivity index (χ1n) is 6.05. The summed E-state index contributed by atoms with van der Waals surface area (Å²) < 4.78 is 5.47. The number of carbonyl (C=O) groups excluding carboxylic acids is 1. The number of anilines is 1. The summed E-state index contributed by atoms with van der Waals surface area (Å²) >= 11 is 12.0. The Bertz CT molecular complexity index is 508. The van der Waals surface area contributed by atoms with Crippen molar-refractivity contribution in [1.29, 1.82) is 0 Å². The van der Waals surface area contributed by atoms with Crippen molar-refractivity contribution in [1.82, 2.24) is 4.90 Å². The van der Waals surface area contributed by atoms with Crippen LogP contribution in [0.1, 0.15) is 23.7 Å². The fourth-order valence-corrected chi connectivity index (χ4v) is 2.75. The molecular weight excluding hydrogens is 287 g/mol. The first-order chi connectivity index (χ1) is 8.91.